The van der Waals surface area contributed by atoms with Crippen molar-refractivity contribution in [3.63, 3.8) is 0 Å². The van der Waals surface area contributed by atoms with Gasteiger partial charge in [0.15, 0.2) is 0 Å². The van der Waals surface area contributed by atoms with Gasteiger partial charge >= 0.3 is 5.97 Å². The van der Waals surface area contributed by atoms with Gasteiger partial charge in [-0.2, -0.15) is 4.99 Å². The first-order valence-corrected chi connectivity index (χ1v) is 7.54. The third kappa shape index (κ3) is 4.89. The fourth-order valence-corrected chi connectivity index (χ4v) is 2.78. The summed E-state index contributed by atoms with van der Waals surface area (Å²) in [5.41, 5.74) is -1.83. The molecule has 1 aromatic heterocycles. The summed E-state index contributed by atoms with van der Waals surface area (Å²) in [5, 5.41) is 2.34. The van der Waals surface area contributed by atoms with Crippen LogP contribution in [0.1, 0.15) is 31.5 Å². The molecule has 0 N–H and O–H groups in total. The molecule has 0 spiro atoms. The van der Waals surface area contributed by atoms with Crippen LogP contribution >= 0.6 is 22.9 Å². The average Bonchev–Trinajstić information content (AvgIpc) is 2.83. The zero-order valence-electron chi connectivity index (χ0n) is 12.3. The van der Waals surface area contributed by atoms with Gasteiger partial charge in [-0.15, -0.1) is 22.9 Å². The molecule has 0 unspecified atom stereocenters. The van der Waals surface area contributed by atoms with Gasteiger partial charge in [0.05, 0.1) is 35.7 Å². The highest BCUT2D eigenvalue weighted by atomic mass is 35.5. The van der Waals surface area contributed by atoms with Gasteiger partial charge < -0.3 is 9.47 Å². The number of methoxy groups -OCH3 is 1. The van der Waals surface area contributed by atoms with Crippen LogP contribution in [0.25, 0.3) is 0 Å². The van der Waals surface area contributed by atoms with Crippen LogP contribution in [0.15, 0.2) is 10.4 Å². The standard InChI is InChI=1S/C13H17ClN2O4S/c1-12(2,3)20-13(15-8-17,11(18)19-4)5-10-16-9(6-14)7-21-10/h7H,5-6H2,1-4H3/t13-/m0/s1. The number of alkyl halides is 1. The maximum Gasteiger partial charge on any atom is 0.362 e. The summed E-state index contributed by atoms with van der Waals surface area (Å²) in [6, 6.07) is 0. The lowest BCUT2D eigenvalue weighted by Gasteiger charge is -2.32. The smallest absolute Gasteiger partial charge is 0.362 e. The number of isocyanates is 1. The molecule has 0 saturated heterocycles. The maximum absolute atomic E-state index is 12.1. The monoisotopic (exact) mass is 332 g/mol. The number of aliphatic imine (C=N–C) groups is 1. The summed E-state index contributed by atoms with van der Waals surface area (Å²) in [4.78, 5) is 30.7. The van der Waals surface area contributed by atoms with Crippen molar-refractivity contribution < 1.29 is 19.1 Å². The molecular formula is C13H17ClN2O4S. The molecule has 1 heterocycles. The molecule has 1 atom stereocenters. The van der Waals surface area contributed by atoms with Crippen molar-refractivity contribution in [2.24, 2.45) is 4.99 Å². The van der Waals surface area contributed by atoms with Crippen molar-refractivity contribution in [3.8, 4) is 0 Å². The number of ether oxygens (including phenoxy) is 2. The van der Waals surface area contributed by atoms with E-state index >= 15 is 0 Å². The molecule has 0 amide bonds. The van der Waals surface area contributed by atoms with Gasteiger partial charge in [-0.1, -0.05) is 0 Å². The second-order valence-electron chi connectivity index (χ2n) is 5.24. The molecule has 0 bridgehead atoms. The topological polar surface area (TPSA) is 77.9 Å². The molecule has 8 heteroatoms. The van der Waals surface area contributed by atoms with E-state index in [1.165, 1.54) is 24.5 Å². The number of carbonyl (C=O) groups is 1. The van der Waals surface area contributed by atoms with Crippen LogP contribution in [0, 0.1) is 0 Å². The fourth-order valence-electron chi connectivity index (χ4n) is 1.69. The van der Waals surface area contributed by atoms with Crippen LogP contribution in [0.2, 0.25) is 0 Å². The van der Waals surface area contributed by atoms with Gasteiger partial charge in [0.25, 0.3) is 5.72 Å². The number of carbonyl (C=O) groups excluding carboxylic acids is 2. The molecule has 116 valence electrons. The number of hydrogen-bond donors (Lipinski definition) is 0. The van der Waals surface area contributed by atoms with Crippen molar-refractivity contribution >= 4 is 35.0 Å². The first-order chi connectivity index (χ1) is 9.76. The average molecular weight is 333 g/mol. The molecule has 0 aliphatic heterocycles. The Hall–Kier alpha value is -1.27. The predicted octanol–water partition coefficient (Wildman–Crippen LogP) is 2.44. The quantitative estimate of drug-likeness (QED) is 0.346. The molecule has 0 aliphatic carbocycles. The summed E-state index contributed by atoms with van der Waals surface area (Å²) in [6.07, 6.45) is 1.37. The summed E-state index contributed by atoms with van der Waals surface area (Å²) in [7, 11) is 1.20. The normalized spacial score (nSPS) is 14.1. The molecule has 1 aromatic rings. The Labute approximate surface area is 132 Å². The maximum atomic E-state index is 12.1. The Morgan fingerprint density at radius 3 is 2.62 bits per heavy atom. The van der Waals surface area contributed by atoms with Crippen LogP contribution in [0.5, 0.6) is 0 Å². The third-order valence-electron chi connectivity index (χ3n) is 2.33. The number of thiazole rings is 1. The first-order valence-electron chi connectivity index (χ1n) is 6.13. The second kappa shape index (κ2) is 7.13. The third-order valence-corrected chi connectivity index (χ3v) is 3.50. The van der Waals surface area contributed by atoms with E-state index in [9.17, 15) is 9.59 Å². The van der Waals surface area contributed by atoms with Crippen LogP contribution in [-0.4, -0.2) is 35.5 Å². The summed E-state index contributed by atoms with van der Waals surface area (Å²) in [6.45, 7) is 5.24. The van der Waals surface area contributed by atoms with Gasteiger partial charge in [0, 0.05) is 5.38 Å². The molecule has 21 heavy (non-hydrogen) atoms. The molecule has 0 aliphatic rings. The minimum atomic E-state index is -1.80. The van der Waals surface area contributed by atoms with E-state index in [1.54, 1.807) is 26.2 Å². The van der Waals surface area contributed by atoms with E-state index in [-0.39, 0.29) is 12.3 Å². The number of rotatable bonds is 6. The molecule has 0 fully saturated rings. The summed E-state index contributed by atoms with van der Waals surface area (Å²) in [5.74, 6) is -0.512. The van der Waals surface area contributed by atoms with E-state index in [4.69, 9.17) is 21.1 Å². The van der Waals surface area contributed by atoms with Gasteiger partial charge in [-0.3, -0.25) is 0 Å². The van der Waals surface area contributed by atoms with Gasteiger partial charge in [-0.05, 0) is 20.8 Å². The van der Waals surface area contributed by atoms with Gasteiger partial charge in [0.2, 0.25) is 6.08 Å². The largest absolute Gasteiger partial charge is 0.465 e. The van der Waals surface area contributed by atoms with Crippen LogP contribution in [0.4, 0.5) is 0 Å². The Balaban J connectivity index is 3.20. The molecular weight excluding hydrogens is 316 g/mol. The molecule has 1 rings (SSSR count). The highest BCUT2D eigenvalue weighted by Crippen LogP contribution is 2.28. The van der Waals surface area contributed by atoms with Crippen LogP contribution in [0.3, 0.4) is 0 Å². The lowest BCUT2D eigenvalue weighted by Crippen LogP contribution is -2.47. The van der Waals surface area contributed by atoms with Gasteiger partial charge in [0.1, 0.15) is 0 Å². The highest BCUT2D eigenvalue weighted by molar-refractivity contribution is 7.09. The van der Waals surface area contributed by atoms with Crippen LogP contribution < -0.4 is 0 Å². The van der Waals surface area contributed by atoms with E-state index in [0.717, 1.165) is 0 Å². The number of nitrogens with zero attached hydrogens (tertiary/aromatic N) is 2. The highest BCUT2D eigenvalue weighted by Gasteiger charge is 2.45. The van der Waals surface area contributed by atoms with Crippen molar-refractivity contribution in [1.29, 1.82) is 0 Å². The summed E-state index contributed by atoms with van der Waals surface area (Å²) < 4.78 is 10.4. The SMILES string of the molecule is COC(=O)[C@@](Cc1nc(CCl)cs1)(N=C=O)OC(C)(C)C. The number of esters is 1. The number of hydrogen-bond acceptors (Lipinski definition) is 7. The predicted molar refractivity (Wildman–Crippen MR) is 79.1 cm³/mol. The van der Waals surface area contributed by atoms with E-state index in [1.807, 2.05) is 0 Å². The second-order valence-corrected chi connectivity index (χ2v) is 6.45. The van der Waals surface area contributed by atoms with Gasteiger partial charge in [-0.25, -0.2) is 14.6 Å². The zero-order chi connectivity index (χ0) is 16.1. The lowest BCUT2D eigenvalue weighted by molar-refractivity contribution is -0.186. The molecule has 0 aromatic carbocycles. The van der Waals surface area contributed by atoms with Crippen molar-refractivity contribution in [2.75, 3.05) is 7.11 Å². The Bertz CT molecular complexity index is 549. The Morgan fingerprint density at radius 2 is 2.19 bits per heavy atom. The van der Waals surface area contributed by atoms with E-state index in [2.05, 4.69) is 9.98 Å². The summed E-state index contributed by atoms with van der Waals surface area (Å²) >= 11 is 7.01. The number of halogens is 1. The zero-order valence-corrected chi connectivity index (χ0v) is 13.9. The minimum absolute atomic E-state index is 0.0201. The Morgan fingerprint density at radius 1 is 1.52 bits per heavy atom. The molecule has 6 nitrogen and oxygen atoms in total. The molecule has 0 radical (unpaired) electrons. The van der Waals surface area contributed by atoms with Crippen molar-refractivity contribution in [3.05, 3.63) is 16.1 Å². The fraction of sp³-hybridized carbons (Fsp3) is 0.615. The minimum Gasteiger partial charge on any atom is -0.465 e. The molecule has 0 saturated carbocycles. The van der Waals surface area contributed by atoms with E-state index < -0.39 is 17.3 Å². The number of aromatic nitrogens is 1. The van der Waals surface area contributed by atoms with Crippen LogP contribution in [-0.2, 0) is 31.4 Å². The Kier molecular flexibility index (Phi) is 6.04. The van der Waals surface area contributed by atoms with E-state index in [0.29, 0.717) is 10.7 Å². The van der Waals surface area contributed by atoms with Crippen molar-refractivity contribution in [1.82, 2.24) is 4.98 Å². The first kappa shape index (κ1) is 17.8. The lowest BCUT2D eigenvalue weighted by atomic mass is 10.1. The van der Waals surface area contributed by atoms with Crippen molar-refractivity contribution in [2.45, 2.75) is 44.4 Å².